The third-order valence-electron chi connectivity index (χ3n) is 3.98. The van der Waals surface area contributed by atoms with Crippen molar-refractivity contribution in [3.05, 3.63) is 72.3 Å². The molecule has 150 valence electrons. The topological polar surface area (TPSA) is 76.1 Å². The lowest BCUT2D eigenvalue weighted by molar-refractivity contribution is -0.115. The minimum absolute atomic E-state index is 0.152. The third kappa shape index (κ3) is 5.58. The van der Waals surface area contributed by atoms with Crippen LogP contribution in [0.4, 0.5) is 10.8 Å². The number of nitrogens with zero attached hydrogens (tertiary/aromatic N) is 2. The summed E-state index contributed by atoms with van der Waals surface area (Å²) in [6.45, 7) is 6.26. The summed E-state index contributed by atoms with van der Waals surface area (Å²) >= 11 is 2.77. The van der Waals surface area contributed by atoms with Gasteiger partial charge in [0.15, 0.2) is 4.34 Å². The third-order valence-corrected chi connectivity index (χ3v) is 6.20. The molecule has 0 saturated carbocycles. The number of aryl methyl sites for hydroxylation is 1. The maximum absolute atomic E-state index is 13.2. The Morgan fingerprint density at radius 2 is 2.07 bits per heavy atom. The van der Waals surface area contributed by atoms with Gasteiger partial charge in [0.1, 0.15) is 11.0 Å². The number of hydrogen-bond donors (Lipinski definition) is 2. The van der Waals surface area contributed by atoms with Gasteiger partial charge in [-0.05, 0) is 30.2 Å². The second-order valence-electron chi connectivity index (χ2n) is 6.14. The van der Waals surface area contributed by atoms with Gasteiger partial charge in [0.2, 0.25) is 11.0 Å². The van der Waals surface area contributed by atoms with Gasteiger partial charge in [0, 0.05) is 6.54 Å². The highest BCUT2D eigenvalue weighted by Crippen LogP contribution is 2.39. The van der Waals surface area contributed by atoms with E-state index in [4.69, 9.17) is 4.74 Å². The van der Waals surface area contributed by atoms with Crippen LogP contribution in [0.5, 0.6) is 5.75 Å². The summed E-state index contributed by atoms with van der Waals surface area (Å²) in [4.78, 5) is 13.2. The number of anilines is 2. The summed E-state index contributed by atoms with van der Waals surface area (Å²) in [5.41, 5.74) is 2.56. The number of methoxy groups -OCH3 is 1. The zero-order valence-corrected chi connectivity index (χ0v) is 17.8. The smallest absolute Gasteiger partial charge is 0.242 e. The number of aromatic nitrogens is 2. The molecule has 0 radical (unpaired) electrons. The van der Waals surface area contributed by atoms with Crippen molar-refractivity contribution in [1.29, 1.82) is 0 Å². The quantitative estimate of drug-likeness (QED) is 0.373. The van der Waals surface area contributed by atoms with Crippen LogP contribution < -0.4 is 15.4 Å². The number of carbonyl (C=O) groups excluding carboxylic acids is 1. The van der Waals surface area contributed by atoms with Crippen molar-refractivity contribution in [3.8, 4) is 5.75 Å². The first-order valence-corrected chi connectivity index (χ1v) is 10.7. The first-order valence-electron chi connectivity index (χ1n) is 8.96. The van der Waals surface area contributed by atoms with Gasteiger partial charge < -0.3 is 15.4 Å². The van der Waals surface area contributed by atoms with Crippen molar-refractivity contribution in [1.82, 2.24) is 10.2 Å². The molecule has 0 saturated heterocycles. The molecule has 0 fully saturated rings. The van der Waals surface area contributed by atoms with E-state index in [0.29, 0.717) is 27.5 Å². The molecule has 0 spiro atoms. The minimum Gasteiger partial charge on any atom is -0.495 e. The molecule has 0 aliphatic carbocycles. The van der Waals surface area contributed by atoms with Crippen LogP contribution in [0.3, 0.4) is 0 Å². The predicted molar refractivity (Wildman–Crippen MR) is 120 cm³/mol. The summed E-state index contributed by atoms with van der Waals surface area (Å²) in [6.07, 6.45) is 1.75. The minimum atomic E-state index is -0.485. The zero-order chi connectivity index (χ0) is 20.6. The predicted octanol–water partition coefficient (Wildman–Crippen LogP) is 4.93. The van der Waals surface area contributed by atoms with Crippen molar-refractivity contribution < 1.29 is 9.53 Å². The van der Waals surface area contributed by atoms with Crippen LogP contribution in [-0.2, 0) is 4.79 Å². The molecule has 6 nitrogen and oxygen atoms in total. The molecule has 1 amide bonds. The molecule has 1 atom stereocenters. The van der Waals surface area contributed by atoms with E-state index in [0.717, 1.165) is 11.1 Å². The lowest BCUT2D eigenvalue weighted by Crippen LogP contribution is -2.19. The molecule has 2 N–H and O–H groups in total. The fraction of sp³-hybridized carbons (Fsp3) is 0.190. The number of rotatable bonds is 9. The first-order chi connectivity index (χ1) is 14.1. The Balaban J connectivity index is 1.84. The van der Waals surface area contributed by atoms with Gasteiger partial charge in [-0.2, -0.15) is 0 Å². The van der Waals surface area contributed by atoms with Gasteiger partial charge in [-0.25, -0.2) is 0 Å². The summed E-state index contributed by atoms with van der Waals surface area (Å²) < 4.78 is 6.09. The highest BCUT2D eigenvalue weighted by Gasteiger charge is 2.25. The van der Waals surface area contributed by atoms with Crippen LogP contribution >= 0.6 is 23.1 Å². The molecule has 3 aromatic rings. The second-order valence-corrected chi connectivity index (χ2v) is 8.47. The Labute approximate surface area is 178 Å². The number of thioether (sulfide) groups is 1. The fourth-order valence-electron chi connectivity index (χ4n) is 2.61. The van der Waals surface area contributed by atoms with Gasteiger partial charge in [0.05, 0.1) is 12.8 Å². The lowest BCUT2D eigenvalue weighted by atomic mass is 10.1. The summed E-state index contributed by atoms with van der Waals surface area (Å²) in [6, 6.07) is 15.3. The van der Waals surface area contributed by atoms with E-state index in [1.807, 2.05) is 55.5 Å². The molecule has 0 aliphatic heterocycles. The fourth-order valence-corrected chi connectivity index (χ4v) is 4.56. The number of ether oxygens (including phenoxy) is 1. The van der Waals surface area contributed by atoms with Gasteiger partial charge in [-0.1, -0.05) is 65.6 Å². The Bertz CT molecular complexity index is 976. The van der Waals surface area contributed by atoms with E-state index in [2.05, 4.69) is 27.4 Å². The summed E-state index contributed by atoms with van der Waals surface area (Å²) in [5.74, 6) is 0.466. The van der Waals surface area contributed by atoms with Crippen molar-refractivity contribution in [3.63, 3.8) is 0 Å². The second kappa shape index (κ2) is 10.1. The Morgan fingerprint density at radius 1 is 1.28 bits per heavy atom. The maximum Gasteiger partial charge on any atom is 0.242 e. The molecule has 1 heterocycles. The summed E-state index contributed by atoms with van der Waals surface area (Å²) in [7, 11) is 1.59. The highest BCUT2D eigenvalue weighted by atomic mass is 32.2. The molecule has 1 aromatic heterocycles. The van der Waals surface area contributed by atoms with Gasteiger partial charge in [0.25, 0.3) is 0 Å². The van der Waals surface area contributed by atoms with E-state index in [-0.39, 0.29) is 5.91 Å². The Hall–Kier alpha value is -2.84. The van der Waals surface area contributed by atoms with Crippen molar-refractivity contribution >= 4 is 39.8 Å². The van der Waals surface area contributed by atoms with E-state index < -0.39 is 5.25 Å². The molecule has 3 rings (SSSR count). The van der Waals surface area contributed by atoms with Gasteiger partial charge in [-0.3, -0.25) is 4.79 Å². The van der Waals surface area contributed by atoms with E-state index >= 15 is 0 Å². The normalized spacial score (nSPS) is 11.5. The van der Waals surface area contributed by atoms with E-state index in [1.54, 1.807) is 13.2 Å². The molecule has 29 heavy (non-hydrogen) atoms. The van der Waals surface area contributed by atoms with Gasteiger partial charge >= 0.3 is 0 Å². The van der Waals surface area contributed by atoms with E-state index in [9.17, 15) is 4.79 Å². The summed E-state index contributed by atoms with van der Waals surface area (Å²) in [5, 5.41) is 14.7. The monoisotopic (exact) mass is 426 g/mol. The maximum atomic E-state index is 13.2. The van der Waals surface area contributed by atoms with Crippen LogP contribution in [0.1, 0.15) is 16.4 Å². The van der Waals surface area contributed by atoms with Crippen LogP contribution in [0, 0.1) is 6.92 Å². The lowest BCUT2D eigenvalue weighted by Gasteiger charge is -2.17. The molecule has 0 bridgehead atoms. The van der Waals surface area contributed by atoms with Crippen molar-refractivity contribution in [2.45, 2.75) is 16.5 Å². The Morgan fingerprint density at radius 3 is 2.79 bits per heavy atom. The number of hydrogen-bond acceptors (Lipinski definition) is 7. The Kier molecular flexibility index (Phi) is 7.26. The molecule has 2 aromatic carbocycles. The number of carbonyl (C=O) groups is 1. The largest absolute Gasteiger partial charge is 0.495 e. The van der Waals surface area contributed by atoms with Crippen LogP contribution in [0.25, 0.3) is 0 Å². The standard InChI is InChI=1S/C21H22N4O2S2/c1-4-12-22-20-24-25-21(29-20)28-18(15-8-6-5-7-9-15)19(26)23-16-13-14(2)10-11-17(16)27-3/h4-11,13,18H,1,12H2,2-3H3,(H,22,24)(H,23,26). The molecule has 1 unspecified atom stereocenters. The average Bonchev–Trinajstić information content (AvgIpc) is 3.18. The molecular formula is C21H22N4O2S2. The van der Waals surface area contributed by atoms with Crippen LogP contribution in [0.15, 0.2) is 65.5 Å². The van der Waals surface area contributed by atoms with Crippen molar-refractivity contribution in [2.24, 2.45) is 0 Å². The molecular weight excluding hydrogens is 404 g/mol. The van der Waals surface area contributed by atoms with Crippen LogP contribution in [0.2, 0.25) is 0 Å². The van der Waals surface area contributed by atoms with Gasteiger partial charge in [-0.15, -0.1) is 16.8 Å². The number of benzene rings is 2. The highest BCUT2D eigenvalue weighted by molar-refractivity contribution is 8.02. The van der Waals surface area contributed by atoms with E-state index in [1.165, 1.54) is 23.1 Å². The van der Waals surface area contributed by atoms with Crippen molar-refractivity contribution in [2.75, 3.05) is 24.3 Å². The first kappa shape index (κ1) is 20.9. The zero-order valence-electron chi connectivity index (χ0n) is 16.2. The SMILES string of the molecule is C=CCNc1nnc(SC(C(=O)Nc2cc(C)ccc2OC)c2ccccc2)s1. The molecule has 8 heteroatoms. The molecule has 0 aliphatic rings. The average molecular weight is 427 g/mol. The number of amides is 1. The van der Waals surface area contributed by atoms with Crippen LogP contribution in [-0.4, -0.2) is 29.8 Å². The number of nitrogens with one attached hydrogen (secondary N) is 2.